The Morgan fingerprint density at radius 2 is 2.31 bits per heavy atom. The van der Waals surface area contributed by atoms with Crippen molar-refractivity contribution in [2.45, 2.75) is 25.7 Å². The van der Waals surface area contributed by atoms with E-state index in [0.29, 0.717) is 12.0 Å². The molecule has 2 aromatic rings. The van der Waals surface area contributed by atoms with Crippen molar-refractivity contribution in [1.29, 1.82) is 0 Å². The third kappa shape index (κ3) is 1.50. The van der Waals surface area contributed by atoms with Gasteiger partial charge in [0, 0.05) is 28.5 Å². The van der Waals surface area contributed by atoms with Gasteiger partial charge in [0.05, 0.1) is 11.8 Å². The number of nitrogens with zero attached hydrogens (tertiary/aromatic N) is 1. The lowest BCUT2D eigenvalue weighted by atomic mass is 9.87. The van der Waals surface area contributed by atoms with Gasteiger partial charge in [0.15, 0.2) is 5.78 Å². The Bertz CT molecular complexity index is 541. The van der Waals surface area contributed by atoms with Crippen molar-refractivity contribution in [3.63, 3.8) is 0 Å². The summed E-state index contributed by atoms with van der Waals surface area (Å²) in [5.74, 6) is 1.16. The van der Waals surface area contributed by atoms with Gasteiger partial charge in [0.2, 0.25) is 0 Å². The van der Waals surface area contributed by atoms with E-state index in [4.69, 9.17) is 4.52 Å². The number of ketones is 1. The summed E-state index contributed by atoms with van der Waals surface area (Å²) in [5, 5.41) is 3.70. The molecule has 0 aliphatic heterocycles. The van der Waals surface area contributed by atoms with Crippen molar-refractivity contribution in [2.75, 3.05) is 0 Å². The molecular formula is C12H11NO2S. The van der Waals surface area contributed by atoms with E-state index >= 15 is 0 Å². The largest absolute Gasteiger partial charge is 0.361 e. The van der Waals surface area contributed by atoms with Gasteiger partial charge in [-0.1, -0.05) is 5.16 Å². The minimum absolute atomic E-state index is 0.151. The van der Waals surface area contributed by atoms with Crippen molar-refractivity contribution >= 4 is 17.1 Å². The van der Waals surface area contributed by atoms with Crippen molar-refractivity contribution in [3.05, 3.63) is 39.4 Å². The second kappa shape index (κ2) is 3.56. The molecule has 4 heteroatoms. The number of Topliss-reactive ketones (excluding diaryl/α,β-unsaturated/α-hetero) is 1. The summed E-state index contributed by atoms with van der Waals surface area (Å²) < 4.78 is 5.12. The molecule has 3 nitrogen and oxygen atoms in total. The predicted octanol–water partition coefficient (Wildman–Crippen LogP) is 2.96. The Morgan fingerprint density at radius 1 is 1.44 bits per heavy atom. The van der Waals surface area contributed by atoms with Crippen LogP contribution in [0, 0.1) is 6.92 Å². The number of hydrogen-bond donors (Lipinski definition) is 0. The highest BCUT2D eigenvalue weighted by Crippen LogP contribution is 2.35. The lowest BCUT2D eigenvalue weighted by Crippen LogP contribution is -2.16. The molecule has 16 heavy (non-hydrogen) atoms. The molecule has 0 aromatic carbocycles. The molecule has 2 aromatic heterocycles. The van der Waals surface area contributed by atoms with Crippen LogP contribution in [0.2, 0.25) is 0 Å². The van der Waals surface area contributed by atoms with Gasteiger partial charge in [-0.15, -0.1) is 11.3 Å². The van der Waals surface area contributed by atoms with Gasteiger partial charge in [0.1, 0.15) is 5.76 Å². The van der Waals surface area contributed by atoms with Crippen LogP contribution in [-0.2, 0) is 6.42 Å². The SMILES string of the molecule is Cc1ccc([C@@H]2CC(=O)c3cnoc3C2)s1. The average Bonchev–Trinajstić information content (AvgIpc) is 2.85. The summed E-state index contributed by atoms with van der Waals surface area (Å²) in [6.07, 6.45) is 2.91. The molecule has 0 bridgehead atoms. The number of thiophene rings is 1. The Labute approximate surface area is 97.1 Å². The Balaban J connectivity index is 1.94. The third-order valence-corrected chi connectivity index (χ3v) is 4.14. The summed E-state index contributed by atoms with van der Waals surface area (Å²) in [4.78, 5) is 14.4. The molecule has 0 N–H and O–H groups in total. The number of aromatic nitrogens is 1. The zero-order valence-electron chi connectivity index (χ0n) is 8.90. The number of hydrogen-bond acceptors (Lipinski definition) is 4. The van der Waals surface area contributed by atoms with Gasteiger partial charge in [-0.2, -0.15) is 0 Å². The first-order valence-electron chi connectivity index (χ1n) is 5.27. The molecule has 2 heterocycles. The Morgan fingerprint density at radius 3 is 3.06 bits per heavy atom. The van der Waals surface area contributed by atoms with Crippen LogP contribution in [0.25, 0.3) is 0 Å². The van der Waals surface area contributed by atoms with Crippen LogP contribution in [0.15, 0.2) is 22.9 Å². The second-order valence-corrected chi connectivity index (χ2v) is 5.46. The van der Waals surface area contributed by atoms with E-state index in [1.165, 1.54) is 16.0 Å². The summed E-state index contributed by atoms with van der Waals surface area (Å²) >= 11 is 1.76. The fraction of sp³-hybridized carbons (Fsp3) is 0.333. The fourth-order valence-corrected chi connectivity index (χ4v) is 3.12. The van der Waals surface area contributed by atoms with E-state index in [1.54, 1.807) is 11.3 Å². The molecule has 0 radical (unpaired) electrons. The molecule has 1 aliphatic carbocycles. The summed E-state index contributed by atoms with van der Waals surface area (Å²) in [7, 11) is 0. The normalized spacial score (nSPS) is 19.8. The first-order valence-corrected chi connectivity index (χ1v) is 6.09. The monoisotopic (exact) mass is 233 g/mol. The van der Waals surface area contributed by atoms with E-state index in [2.05, 4.69) is 24.2 Å². The first-order chi connectivity index (χ1) is 7.74. The lowest BCUT2D eigenvalue weighted by molar-refractivity contribution is 0.0960. The Hall–Kier alpha value is -1.42. The molecule has 0 spiro atoms. The third-order valence-electron chi connectivity index (χ3n) is 2.97. The second-order valence-electron chi connectivity index (χ2n) is 4.14. The van der Waals surface area contributed by atoms with Crippen LogP contribution < -0.4 is 0 Å². The highest BCUT2D eigenvalue weighted by atomic mass is 32.1. The van der Waals surface area contributed by atoms with Gasteiger partial charge in [-0.3, -0.25) is 4.79 Å². The van der Waals surface area contributed by atoms with E-state index in [9.17, 15) is 4.79 Å². The quantitative estimate of drug-likeness (QED) is 0.760. The van der Waals surface area contributed by atoms with Gasteiger partial charge in [-0.05, 0) is 19.1 Å². The summed E-state index contributed by atoms with van der Waals surface area (Å²) in [6, 6.07) is 4.21. The Kier molecular flexibility index (Phi) is 2.17. The van der Waals surface area contributed by atoms with Crippen LogP contribution in [0.1, 0.15) is 38.2 Å². The number of fused-ring (bicyclic) bond motifs is 1. The lowest BCUT2D eigenvalue weighted by Gasteiger charge is -2.17. The van der Waals surface area contributed by atoms with Gasteiger partial charge in [0.25, 0.3) is 0 Å². The minimum Gasteiger partial charge on any atom is -0.361 e. The highest BCUT2D eigenvalue weighted by Gasteiger charge is 2.29. The molecule has 0 saturated heterocycles. The van der Waals surface area contributed by atoms with Crippen LogP contribution in [0.3, 0.4) is 0 Å². The van der Waals surface area contributed by atoms with Crippen LogP contribution in [-0.4, -0.2) is 10.9 Å². The molecule has 0 fully saturated rings. The molecule has 0 amide bonds. The maximum atomic E-state index is 11.8. The molecule has 1 aliphatic rings. The van der Waals surface area contributed by atoms with E-state index in [1.807, 2.05) is 0 Å². The zero-order chi connectivity index (χ0) is 11.1. The van der Waals surface area contributed by atoms with Crippen LogP contribution in [0.4, 0.5) is 0 Å². The molecule has 1 atom stereocenters. The summed E-state index contributed by atoms with van der Waals surface area (Å²) in [5.41, 5.74) is 0.671. The molecule has 0 unspecified atom stereocenters. The van der Waals surface area contributed by atoms with Crippen molar-refractivity contribution in [1.82, 2.24) is 5.16 Å². The molecule has 82 valence electrons. The maximum Gasteiger partial charge on any atom is 0.168 e. The molecule has 0 saturated carbocycles. The van der Waals surface area contributed by atoms with Crippen molar-refractivity contribution in [2.24, 2.45) is 0 Å². The minimum atomic E-state index is 0.151. The number of rotatable bonds is 1. The van der Waals surface area contributed by atoms with Crippen molar-refractivity contribution < 1.29 is 9.32 Å². The fourth-order valence-electron chi connectivity index (χ4n) is 2.14. The number of aryl methyl sites for hydroxylation is 1. The highest BCUT2D eigenvalue weighted by molar-refractivity contribution is 7.12. The first kappa shape index (κ1) is 9.78. The van der Waals surface area contributed by atoms with Gasteiger partial charge in [-0.25, -0.2) is 0 Å². The molecule has 3 rings (SSSR count). The van der Waals surface area contributed by atoms with Crippen molar-refractivity contribution in [3.8, 4) is 0 Å². The van der Waals surface area contributed by atoms with Crippen LogP contribution in [0.5, 0.6) is 0 Å². The number of carbonyl (C=O) groups is 1. The standard InChI is InChI=1S/C12H11NO2S/c1-7-2-3-12(16-7)8-4-10(14)9-6-13-15-11(9)5-8/h2-3,6,8H,4-5H2,1H3/t8-/m1/s1. The maximum absolute atomic E-state index is 11.8. The topological polar surface area (TPSA) is 43.1 Å². The number of carbonyl (C=O) groups excluding carboxylic acids is 1. The average molecular weight is 233 g/mol. The van der Waals surface area contributed by atoms with Crippen LogP contribution >= 0.6 is 11.3 Å². The van der Waals surface area contributed by atoms with E-state index in [0.717, 1.165) is 12.2 Å². The van der Waals surface area contributed by atoms with E-state index < -0.39 is 0 Å². The summed E-state index contributed by atoms with van der Waals surface area (Å²) in [6.45, 7) is 2.08. The predicted molar refractivity (Wildman–Crippen MR) is 61.0 cm³/mol. The molecular weight excluding hydrogens is 222 g/mol. The van der Waals surface area contributed by atoms with Gasteiger partial charge >= 0.3 is 0 Å². The van der Waals surface area contributed by atoms with Gasteiger partial charge < -0.3 is 4.52 Å². The smallest absolute Gasteiger partial charge is 0.168 e. The van der Waals surface area contributed by atoms with E-state index in [-0.39, 0.29) is 11.7 Å². The zero-order valence-corrected chi connectivity index (χ0v) is 9.71.